The van der Waals surface area contributed by atoms with Crippen molar-refractivity contribution in [3.63, 3.8) is 0 Å². The van der Waals surface area contributed by atoms with Crippen LogP contribution in [0.1, 0.15) is 47.7 Å². The van der Waals surface area contributed by atoms with Gasteiger partial charge in [0.2, 0.25) is 0 Å². The van der Waals surface area contributed by atoms with E-state index in [4.69, 9.17) is 0 Å². The van der Waals surface area contributed by atoms with E-state index in [2.05, 4.69) is 41.8 Å². The average molecular weight is 371 g/mol. The third kappa shape index (κ3) is 4.27. The first-order valence-electron chi connectivity index (χ1n) is 9.53. The van der Waals surface area contributed by atoms with Crippen molar-refractivity contribution in [1.82, 2.24) is 30.0 Å². The van der Waals surface area contributed by atoms with Gasteiger partial charge in [-0.2, -0.15) is 0 Å². The van der Waals surface area contributed by atoms with Crippen LogP contribution in [0.15, 0.2) is 18.3 Å². The van der Waals surface area contributed by atoms with Crippen LogP contribution in [-0.2, 0) is 13.1 Å². The first kappa shape index (κ1) is 19.3. The summed E-state index contributed by atoms with van der Waals surface area (Å²) >= 11 is 0. The molecule has 0 aliphatic carbocycles. The Kier molecular flexibility index (Phi) is 6.05. The predicted octanol–water partition coefficient (Wildman–Crippen LogP) is 1.50. The van der Waals surface area contributed by atoms with Gasteiger partial charge in [-0.05, 0) is 46.0 Å². The Balaban J connectivity index is 1.69. The van der Waals surface area contributed by atoms with E-state index in [0.717, 1.165) is 56.5 Å². The number of rotatable bonds is 6. The fourth-order valence-electron chi connectivity index (χ4n) is 3.64. The molecule has 0 saturated carbocycles. The molecule has 0 bridgehead atoms. The highest BCUT2D eigenvalue weighted by Gasteiger charge is 2.26. The van der Waals surface area contributed by atoms with Crippen LogP contribution < -0.4 is 10.2 Å². The van der Waals surface area contributed by atoms with E-state index in [1.807, 2.05) is 20.2 Å². The molecule has 146 valence electrons. The molecule has 1 aliphatic heterocycles. The maximum Gasteiger partial charge on any atom is 0.251 e. The van der Waals surface area contributed by atoms with E-state index in [0.29, 0.717) is 11.5 Å². The Morgan fingerprint density at radius 1 is 1.30 bits per heavy atom. The van der Waals surface area contributed by atoms with E-state index in [1.165, 1.54) is 0 Å². The van der Waals surface area contributed by atoms with Gasteiger partial charge in [-0.25, -0.2) is 4.98 Å². The summed E-state index contributed by atoms with van der Waals surface area (Å²) in [6, 6.07) is 3.61. The summed E-state index contributed by atoms with van der Waals surface area (Å²) in [4.78, 5) is 20.7. The molecule has 2 aromatic heterocycles. The van der Waals surface area contributed by atoms with E-state index in [-0.39, 0.29) is 5.91 Å². The smallest absolute Gasteiger partial charge is 0.251 e. The number of hydrogen-bond acceptors (Lipinski definition) is 6. The van der Waals surface area contributed by atoms with Gasteiger partial charge in [0.1, 0.15) is 17.5 Å². The summed E-state index contributed by atoms with van der Waals surface area (Å²) in [5.74, 6) is 3.31. The highest BCUT2D eigenvalue weighted by atomic mass is 16.1. The molecule has 0 atom stereocenters. The van der Waals surface area contributed by atoms with Crippen LogP contribution in [0.2, 0.25) is 0 Å². The van der Waals surface area contributed by atoms with Crippen molar-refractivity contribution in [1.29, 1.82) is 0 Å². The molecule has 0 radical (unpaired) electrons. The standard InChI is InChI=1S/C19H29N7O/c1-5-26-17(13-24(3)4)22-23-18(26)14-7-10-25(11-8-14)16-12-15(6-9-21-16)19(27)20-2/h6,9,12,14H,5,7-8,10-11,13H2,1-4H3,(H,20,27). The summed E-state index contributed by atoms with van der Waals surface area (Å²) in [5, 5.41) is 11.6. The summed E-state index contributed by atoms with van der Waals surface area (Å²) in [6.45, 7) is 5.63. The Bertz CT molecular complexity index is 778. The first-order valence-corrected chi connectivity index (χ1v) is 9.53. The van der Waals surface area contributed by atoms with E-state index in [9.17, 15) is 4.79 Å². The number of nitrogens with zero attached hydrogens (tertiary/aromatic N) is 6. The molecule has 1 N–H and O–H groups in total. The van der Waals surface area contributed by atoms with Crippen molar-refractivity contribution >= 4 is 11.7 Å². The van der Waals surface area contributed by atoms with E-state index >= 15 is 0 Å². The lowest BCUT2D eigenvalue weighted by Gasteiger charge is -2.32. The highest BCUT2D eigenvalue weighted by Crippen LogP contribution is 2.29. The molecule has 0 unspecified atom stereocenters. The molecule has 8 heteroatoms. The lowest BCUT2D eigenvalue weighted by molar-refractivity contribution is 0.0963. The van der Waals surface area contributed by atoms with Gasteiger partial charge in [0.05, 0.1) is 6.54 Å². The second-order valence-electron chi connectivity index (χ2n) is 7.20. The van der Waals surface area contributed by atoms with Gasteiger partial charge in [-0.15, -0.1) is 10.2 Å². The van der Waals surface area contributed by atoms with Crippen LogP contribution in [0.4, 0.5) is 5.82 Å². The van der Waals surface area contributed by atoms with Crippen molar-refractivity contribution in [2.75, 3.05) is 39.1 Å². The van der Waals surface area contributed by atoms with Gasteiger partial charge in [0.25, 0.3) is 5.91 Å². The fourth-order valence-corrected chi connectivity index (χ4v) is 3.64. The van der Waals surface area contributed by atoms with E-state index in [1.54, 1.807) is 19.3 Å². The van der Waals surface area contributed by atoms with Crippen LogP contribution in [-0.4, -0.2) is 64.8 Å². The summed E-state index contributed by atoms with van der Waals surface area (Å²) in [6.07, 6.45) is 3.71. The second kappa shape index (κ2) is 8.47. The lowest BCUT2D eigenvalue weighted by atomic mass is 9.95. The number of piperidine rings is 1. The third-order valence-electron chi connectivity index (χ3n) is 5.05. The van der Waals surface area contributed by atoms with Crippen molar-refractivity contribution in [2.45, 2.75) is 38.8 Å². The SMILES string of the molecule is CCn1c(CN(C)C)nnc1C1CCN(c2cc(C(=O)NC)ccn2)CC1. The van der Waals surface area contributed by atoms with Crippen LogP contribution in [0.5, 0.6) is 0 Å². The molecular formula is C19H29N7O. The lowest BCUT2D eigenvalue weighted by Crippen LogP contribution is -2.34. The van der Waals surface area contributed by atoms with Gasteiger partial charge < -0.3 is 19.7 Å². The Hall–Kier alpha value is -2.48. The van der Waals surface area contributed by atoms with Crippen LogP contribution >= 0.6 is 0 Å². The van der Waals surface area contributed by atoms with Crippen molar-refractivity contribution in [3.05, 3.63) is 35.5 Å². The van der Waals surface area contributed by atoms with Gasteiger partial charge in [-0.3, -0.25) is 4.79 Å². The maximum absolute atomic E-state index is 11.9. The van der Waals surface area contributed by atoms with Crippen molar-refractivity contribution in [3.8, 4) is 0 Å². The number of amides is 1. The molecule has 1 amide bonds. The minimum absolute atomic E-state index is 0.0852. The van der Waals surface area contributed by atoms with Gasteiger partial charge in [0.15, 0.2) is 0 Å². The zero-order valence-corrected chi connectivity index (χ0v) is 16.6. The van der Waals surface area contributed by atoms with Crippen molar-refractivity contribution < 1.29 is 4.79 Å². The fraction of sp³-hybridized carbons (Fsp3) is 0.579. The number of carbonyl (C=O) groups is 1. The molecule has 3 heterocycles. The maximum atomic E-state index is 11.9. The third-order valence-corrected chi connectivity index (χ3v) is 5.05. The molecule has 1 aliphatic rings. The normalized spacial score (nSPS) is 15.4. The monoisotopic (exact) mass is 371 g/mol. The molecule has 2 aromatic rings. The molecule has 0 aromatic carbocycles. The molecule has 1 saturated heterocycles. The number of aromatic nitrogens is 4. The molecule has 8 nitrogen and oxygen atoms in total. The number of pyridine rings is 1. The second-order valence-corrected chi connectivity index (χ2v) is 7.20. The zero-order chi connectivity index (χ0) is 19.4. The van der Waals surface area contributed by atoms with Gasteiger partial charge in [-0.1, -0.05) is 0 Å². The van der Waals surface area contributed by atoms with Crippen LogP contribution in [0, 0.1) is 0 Å². The summed E-state index contributed by atoms with van der Waals surface area (Å²) < 4.78 is 2.25. The van der Waals surface area contributed by atoms with E-state index < -0.39 is 0 Å². The molecule has 0 spiro atoms. The number of hydrogen-bond donors (Lipinski definition) is 1. The summed E-state index contributed by atoms with van der Waals surface area (Å²) in [5.41, 5.74) is 0.642. The minimum atomic E-state index is -0.0852. The van der Waals surface area contributed by atoms with Gasteiger partial charge in [0, 0.05) is 44.4 Å². The number of carbonyl (C=O) groups excluding carboxylic acids is 1. The number of anilines is 1. The van der Waals surface area contributed by atoms with Crippen LogP contribution in [0.25, 0.3) is 0 Å². The highest BCUT2D eigenvalue weighted by molar-refractivity contribution is 5.94. The molecule has 3 rings (SSSR count). The zero-order valence-electron chi connectivity index (χ0n) is 16.6. The van der Waals surface area contributed by atoms with Gasteiger partial charge >= 0.3 is 0 Å². The van der Waals surface area contributed by atoms with Crippen molar-refractivity contribution in [2.24, 2.45) is 0 Å². The van der Waals surface area contributed by atoms with Crippen LogP contribution in [0.3, 0.4) is 0 Å². The predicted molar refractivity (Wildman–Crippen MR) is 105 cm³/mol. The Labute approximate surface area is 160 Å². The quantitative estimate of drug-likeness (QED) is 0.829. The molecule has 1 fully saturated rings. The minimum Gasteiger partial charge on any atom is -0.357 e. The first-order chi connectivity index (χ1) is 13.0. The largest absolute Gasteiger partial charge is 0.357 e. The topological polar surface area (TPSA) is 79.2 Å². The number of nitrogens with one attached hydrogen (secondary N) is 1. The molecular weight excluding hydrogens is 342 g/mol. The Morgan fingerprint density at radius 2 is 2.04 bits per heavy atom. The summed E-state index contributed by atoms with van der Waals surface area (Å²) in [7, 11) is 5.74. The Morgan fingerprint density at radius 3 is 2.67 bits per heavy atom. The molecule has 27 heavy (non-hydrogen) atoms. The average Bonchev–Trinajstić information content (AvgIpc) is 3.09.